The van der Waals surface area contributed by atoms with Crippen LogP contribution in [0.3, 0.4) is 0 Å². The highest BCUT2D eigenvalue weighted by molar-refractivity contribution is 6.35. The maximum Gasteiger partial charge on any atom is 0.120 e. The van der Waals surface area contributed by atoms with E-state index in [1.165, 1.54) is 150 Å². The maximum atomic E-state index is 4.23. The van der Waals surface area contributed by atoms with Gasteiger partial charge in [0.1, 0.15) is 21.8 Å². The summed E-state index contributed by atoms with van der Waals surface area (Å²) in [5.41, 5.74) is 0.484. The van der Waals surface area contributed by atoms with E-state index < -0.39 is 0 Å². The second-order valence-corrected chi connectivity index (χ2v) is 9.87. The van der Waals surface area contributed by atoms with E-state index in [4.69, 9.17) is 0 Å². The van der Waals surface area contributed by atoms with Crippen LogP contribution in [0.2, 0.25) is 37.9 Å². The summed E-state index contributed by atoms with van der Waals surface area (Å²) in [6, 6.07) is 0. The van der Waals surface area contributed by atoms with Crippen molar-refractivity contribution in [1.29, 1.82) is 0 Å². The van der Waals surface area contributed by atoms with Crippen molar-refractivity contribution in [2.24, 2.45) is 5.92 Å². The Kier molecular flexibility index (Phi) is 13.1. The van der Waals surface area contributed by atoms with E-state index >= 15 is 0 Å². The van der Waals surface area contributed by atoms with E-state index in [9.17, 15) is 0 Å². The maximum absolute atomic E-state index is 4.23. The van der Waals surface area contributed by atoms with Crippen molar-refractivity contribution in [3.05, 3.63) is 0 Å². The van der Waals surface area contributed by atoms with Gasteiger partial charge in [-0.1, -0.05) is 96.2 Å². The first-order valence-corrected chi connectivity index (χ1v) is 13.1. The van der Waals surface area contributed by atoms with E-state index in [0.29, 0.717) is 5.54 Å². The molecule has 0 saturated carbocycles. The molecule has 2 heterocycles. The molecule has 0 aromatic rings. The van der Waals surface area contributed by atoms with Gasteiger partial charge < -0.3 is 5.32 Å². The molecule has 2 rings (SSSR count). The third-order valence-electron chi connectivity index (χ3n) is 7.64. The number of rotatable bonds is 7. The molecule has 0 aromatic carbocycles. The van der Waals surface area contributed by atoms with Crippen molar-refractivity contribution in [3.63, 3.8) is 0 Å². The summed E-state index contributed by atoms with van der Waals surface area (Å²) >= 11 is 0. The van der Waals surface area contributed by atoms with E-state index in [1.807, 2.05) is 0 Å². The van der Waals surface area contributed by atoms with Gasteiger partial charge in [-0.2, -0.15) is 0 Å². The lowest BCUT2D eigenvalue weighted by atomic mass is 9.62. The van der Waals surface area contributed by atoms with Crippen LogP contribution in [-0.2, 0) is 0 Å². The molecule has 4 heteroatoms. The van der Waals surface area contributed by atoms with Crippen molar-refractivity contribution in [1.82, 2.24) is 5.32 Å². The van der Waals surface area contributed by atoms with Crippen molar-refractivity contribution in [2.45, 2.75) is 134 Å². The number of unbranched alkanes of at least 4 members (excludes halogenated alkanes) is 1. The molecule has 1 atom stereocenters. The van der Waals surface area contributed by atoms with Crippen LogP contribution in [0.15, 0.2) is 0 Å². The van der Waals surface area contributed by atoms with Crippen molar-refractivity contribution in [2.75, 3.05) is 6.54 Å². The van der Waals surface area contributed by atoms with Gasteiger partial charge in [0.2, 0.25) is 0 Å². The Bertz CT molecular complexity index is 327. The predicted molar refractivity (Wildman–Crippen MR) is 130 cm³/mol. The minimum Gasteiger partial charge on any atom is -0.311 e. The normalized spacial score (nSPS) is 25.1. The molecule has 0 amide bonds. The minimum absolute atomic E-state index is 0.484. The Balaban J connectivity index is 1.97. The summed E-state index contributed by atoms with van der Waals surface area (Å²) in [5.74, 6) is 0.946. The van der Waals surface area contributed by atoms with Gasteiger partial charge in [-0.15, -0.1) is 0 Å². The Morgan fingerprint density at radius 2 is 1.52 bits per heavy atom. The smallest absolute Gasteiger partial charge is 0.120 e. The minimum atomic E-state index is 0.484. The van der Waals surface area contributed by atoms with Crippen LogP contribution in [0, 0.1) is 5.92 Å². The first-order chi connectivity index (χ1) is 13.4. The lowest BCUT2D eigenvalue weighted by Crippen LogP contribution is -2.52. The Hall–Kier alpha value is 0.155. The monoisotopic (exact) mass is 371 g/mol. The molecule has 1 spiro atoms. The van der Waals surface area contributed by atoms with Gasteiger partial charge in [0, 0.05) is 5.54 Å². The number of hydrogen-bond donors (Lipinski definition) is 1. The van der Waals surface area contributed by atoms with Gasteiger partial charge in [-0.05, 0) is 44.6 Å². The molecule has 1 nitrogen and oxygen atoms in total. The Morgan fingerprint density at radius 1 is 0.852 bits per heavy atom. The van der Waals surface area contributed by atoms with Gasteiger partial charge in [0.05, 0.1) is 0 Å². The van der Waals surface area contributed by atoms with Crippen molar-refractivity contribution < 1.29 is 0 Å². The van der Waals surface area contributed by atoms with E-state index in [2.05, 4.69) is 12.2 Å². The van der Waals surface area contributed by atoms with Crippen LogP contribution in [0.1, 0.15) is 90.4 Å². The quantitative estimate of drug-likeness (QED) is 0.436. The van der Waals surface area contributed by atoms with Crippen LogP contribution in [0.4, 0.5) is 0 Å². The summed E-state index contributed by atoms with van der Waals surface area (Å²) < 4.78 is 0. The molecule has 2 aliphatic heterocycles. The molecule has 0 aliphatic carbocycles. The first kappa shape index (κ1) is 23.4. The van der Waals surface area contributed by atoms with Gasteiger partial charge in [0.25, 0.3) is 0 Å². The van der Waals surface area contributed by atoms with Crippen LogP contribution in [0.25, 0.3) is 0 Å². The lowest BCUT2D eigenvalue weighted by Gasteiger charge is -2.44. The molecule has 2 saturated heterocycles. The van der Waals surface area contributed by atoms with Gasteiger partial charge in [-0.25, -0.2) is 0 Å². The van der Waals surface area contributed by atoms with Crippen LogP contribution in [0.5, 0.6) is 0 Å². The third kappa shape index (κ3) is 9.46. The zero-order valence-electron chi connectivity index (χ0n) is 18.8. The molecule has 1 unspecified atom stereocenters. The highest BCUT2D eigenvalue weighted by Gasteiger charge is 2.36. The molecule has 154 valence electrons. The summed E-state index contributed by atoms with van der Waals surface area (Å²) in [6.07, 6.45) is 27.9. The fraction of sp³-hybridized carbons (Fsp3) is 1.00. The zero-order valence-corrected chi connectivity index (χ0v) is 18.8. The molecule has 27 heavy (non-hydrogen) atoms. The Labute approximate surface area is 173 Å². The average molecular weight is 371 g/mol. The fourth-order valence-corrected chi connectivity index (χ4v) is 5.87. The van der Waals surface area contributed by atoms with Crippen LogP contribution < -0.4 is 5.32 Å². The molecule has 2 aliphatic rings. The third-order valence-corrected chi connectivity index (χ3v) is 7.64. The molecule has 0 aromatic heterocycles. The summed E-state index contributed by atoms with van der Waals surface area (Å²) in [7, 11) is 4.43. The topological polar surface area (TPSA) is 12.0 Å². The summed E-state index contributed by atoms with van der Waals surface area (Å²) in [5, 5.41) is 4.23. The zero-order chi connectivity index (χ0) is 19.0. The Morgan fingerprint density at radius 3 is 2.26 bits per heavy atom. The van der Waals surface area contributed by atoms with E-state index in [1.54, 1.807) is 0 Å². The molecular weight excluding hydrogens is 323 g/mol. The molecular formula is C23H48B3N. The highest BCUT2D eigenvalue weighted by atomic mass is 15.0. The summed E-state index contributed by atoms with van der Waals surface area (Å²) in [6.45, 7) is 3.61. The lowest BCUT2D eigenvalue weighted by molar-refractivity contribution is 0.147. The van der Waals surface area contributed by atoms with Crippen LogP contribution >= 0.6 is 0 Å². The van der Waals surface area contributed by atoms with Gasteiger partial charge in [0.15, 0.2) is 0 Å². The average Bonchev–Trinajstić information content (AvgIpc) is 2.69. The molecule has 0 radical (unpaired) electrons. The van der Waals surface area contributed by atoms with E-state index in [-0.39, 0.29) is 0 Å². The SMILES string of the molecule is CCCCBCCCC1CCCBCCCNC12CCCCBCCCC2. The summed E-state index contributed by atoms with van der Waals surface area (Å²) in [4.78, 5) is 0. The van der Waals surface area contributed by atoms with Gasteiger partial charge >= 0.3 is 0 Å². The van der Waals surface area contributed by atoms with Crippen LogP contribution in [-0.4, -0.2) is 33.9 Å². The molecule has 0 bridgehead atoms. The number of hydrogen-bond acceptors (Lipinski definition) is 1. The fourth-order valence-electron chi connectivity index (χ4n) is 5.87. The largest absolute Gasteiger partial charge is 0.311 e. The van der Waals surface area contributed by atoms with E-state index in [0.717, 1.165) is 5.92 Å². The number of nitrogens with one attached hydrogen (secondary N) is 1. The highest BCUT2D eigenvalue weighted by Crippen LogP contribution is 2.38. The standard InChI is InChI=1S/C23H48B3N/c1-2-3-15-24-18-8-11-22-12-9-19-26-20-10-21-27-23(22)13-4-6-16-25-17-7-5-14-23/h22,24-27H,2-21H2,1H3. The van der Waals surface area contributed by atoms with Gasteiger partial charge in [-0.3, -0.25) is 0 Å². The first-order valence-electron chi connectivity index (χ1n) is 13.1. The molecule has 1 N–H and O–H groups in total. The molecule has 2 fully saturated rings. The van der Waals surface area contributed by atoms with Crippen molar-refractivity contribution in [3.8, 4) is 0 Å². The predicted octanol–water partition coefficient (Wildman–Crippen LogP) is 5.87. The second kappa shape index (κ2) is 15.1. The second-order valence-electron chi connectivity index (χ2n) is 9.87. The van der Waals surface area contributed by atoms with Crippen molar-refractivity contribution >= 4 is 21.8 Å².